The van der Waals surface area contributed by atoms with E-state index in [0.29, 0.717) is 0 Å². The number of benzene rings is 1. The highest BCUT2D eigenvalue weighted by atomic mass is 15.3. The van der Waals surface area contributed by atoms with Gasteiger partial charge in [0.1, 0.15) is 0 Å². The van der Waals surface area contributed by atoms with Gasteiger partial charge in [0, 0.05) is 25.2 Å². The number of hydrogen-bond acceptors (Lipinski definition) is 3. The van der Waals surface area contributed by atoms with Gasteiger partial charge >= 0.3 is 0 Å². The van der Waals surface area contributed by atoms with Gasteiger partial charge in [-0.15, -0.1) is 0 Å². The van der Waals surface area contributed by atoms with Crippen LogP contribution in [0.5, 0.6) is 0 Å². The fraction of sp³-hybridized carbons (Fsp3) is 0.500. The zero-order valence-corrected chi connectivity index (χ0v) is 9.46. The van der Waals surface area contributed by atoms with Gasteiger partial charge in [0.05, 0.1) is 11.4 Å². The van der Waals surface area contributed by atoms with Gasteiger partial charge in [-0.05, 0) is 26.0 Å². The first-order valence-corrected chi connectivity index (χ1v) is 5.44. The van der Waals surface area contributed by atoms with Gasteiger partial charge in [-0.25, -0.2) is 0 Å². The third-order valence-corrected chi connectivity index (χ3v) is 3.03. The van der Waals surface area contributed by atoms with Gasteiger partial charge in [0.2, 0.25) is 0 Å². The van der Waals surface area contributed by atoms with Gasteiger partial charge in [0.25, 0.3) is 0 Å². The van der Waals surface area contributed by atoms with Crippen LogP contribution < -0.4 is 16.0 Å². The Morgan fingerprint density at radius 1 is 1.33 bits per heavy atom. The number of rotatable bonds is 1. The third kappa shape index (κ3) is 1.92. The zero-order valence-electron chi connectivity index (χ0n) is 9.46. The van der Waals surface area contributed by atoms with E-state index in [4.69, 9.17) is 5.73 Å². The Hall–Kier alpha value is -1.22. The van der Waals surface area contributed by atoms with Crippen molar-refractivity contribution in [1.82, 2.24) is 5.32 Å². The molecule has 1 aromatic rings. The second-order valence-corrected chi connectivity index (χ2v) is 4.70. The van der Waals surface area contributed by atoms with Gasteiger partial charge in [-0.3, -0.25) is 0 Å². The van der Waals surface area contributed by atoms with Crippen LogP contribution in [0.1, 0.15) is 13.8 Å². The molecule has 82 valence electrons. The summed E-state index contributed by atoms with van der Waals surface area (Å²) in [5.74, 6) is 0. The highest BCUT2D eigenvalue weighted by molar-refractivity contribution is 5.68. The predicted molar refractivity (Wildman–Crippen MR) is 65.1 cm³/mol. The van der Waals surface area contributed by atoms with Gasteiger partial charge in [-0.2, -0.15) is 0 Å². The Balaban J connectivity index is 2.33. The van der Waals surface area contributed by atoms with Crippen LogP contribution in [0.25, 0.3) is 0 Å². The molecule has 3 heteroatoms. The smallest absolute Gasteiger partial charge is 0.0605 e. The van der Waals surface area contributed by atoms with Crippen LogP contribution in [0, 0.1) is 0 Å². The molecule has 1 heterocycles. The van der Waals surface area contributed by atoms with Crippen LogP contribution in [-0.4, -0.2) is 25.2 Å². The molecule has 1 saturated heterocycles. The highest BCUT2D eigenvalue weighted by Crippen LogP contribution is 2.29. The van der Waals surface area contributed by atoms with Gasteiger partial charge in [0.15, 0.2) is 0 Å². The Labute approximate surface area is 91.3 Å². The Morgan fingerprint density at radius 2 is 2.07 bits per heavy atom. The molecule has 1 aliphatic heterocycles. The number of nitrogens with zero attached hydrogens (tertiary/aromatic N) is 1. The first-order valence-electron chi connectivity index (χ1n) is 5.44. The summed E-state index contributed by atoms with van der Waals surface area (Å²) in [7, 11) is 0. The van der Waals surface area contributed by atoms with E-state index in [1.54, 1.807) is 0 Å². The van der Waals surface area contributed by atoms with Crippen molar-refractivity contribution in [3.63, 3.8) is 0 Å². The summed E-state index contributed by atoms with van der Waals surface area (Å²) in [6.45, 7) is 7.53. The topological polar surface area (TPSA) is 41.3 Å². The summed E-state index contributed by atoms with van der Waals surface area (Å²) in [5, 5.41) is 3.41. The maximum absolute atomic E-state index is 6.01. The molecule has 0 unspecified atom stereocenters. The first-order chi connectivity index (χ1) is 7.11. The fourth-order valence-corrected chi connectivity index (χ4v) is 2.16. The van der Waals surface area contributed by atoms with Crippen molar-refractivity contribution in [1.29, 1.82) is 0 Å². The molecule has 3 nitrogen and oxygen atoms in total. The largest absolute Gasteiger partial charge is 0.397 e. The van der Waals surface area contributed by atoms with Crippen LogP contribution >= 0.6 is 0 Å². The van der Waals surface area contributed by atoms with E-state index in [0.717, 1.165) is 31.0 Å². The second kappa shape index (κ2) is 3.74. The number of hydrogen-bond donors (Lipinski definition) is 2. The SMILES string of the molecule is CC1(C)CNCCN1c1ccccc1N. The van der Waals surface area contributed by atoms with E-state index in [2.05, 4.69) is 30.1 Å². The average molecular weight is 205 g/mol. The van der Waals surface area contributed by atoms with E-state index in [1.807, 2.05) is 18.2 Å². The van der Waals surface area contributed by atoms with E-state index in [1.165, 1.54) is 0 Å². The summed E-state index contributed by atoms with van der Waals surface area (Å²) in [4.78, 5) is 2.39. The number of nitrogens with two attached hydrogens (primary N) is 1. The Kier molecular flexibility index (Phi) is 2.57. The van der Waals surface area contributed by atoms with Crippen molar-refractivity contribution >= 4 is 11.4 Å². The lowest BCUT2D eigenvalue weighted by molar-refractivity contribution is 0.381. The molecule has 0 spiro atoms. The Bertz CT molecular complexity index is 346. The molecule has 0 aliphatic carbocycles. The first kappa shape index (κ1) is 10.3. The number of nitrogens with one attached hydrogen (secondary N) is 1. The number of piperazine rings is 1. The standard InChI is InChI=1S/C12H19N3/c1-12(2)9-14-7-8-15(12)11-6-4-3-5-10(11)13/h3-6,14H,7-9,13H2,1-2H3. The maximum Gasteiger partial charge on any atom is 0.0605 e. The summed E-state index contributed by atoms with van der Waals surface area (Å²) in [6.07, 6.45) is 0. The normalized spacial score (nSPS) is 20.3. The molecular formula is C12H19N3. The van der Waals surface area contributed by atoms with E-state index in [-0.39, 0.29) is 5.54 Å². The van der Waals surface area contributed by atoms with E-state index < -0.39 is 0 Å². The molecule has 0 atom stereocenters. The minimum absolute atomic E-state index is 0.133. The van der Waals surface area contributed by atoms with Gasteiger partial charge in [-0.1, -0.05) is 12.1 Å². The predicted octanol–water partition coefficient (Wildman–Crippen LogP) is 1.46. The molecule has 1 aliphatic rings. The summed E-state index contributed by atoms with van der Waals surface area (Å²) in [6, 6.07) is 8.09. The van der Waals surface area contributed by atoms with Crippen molar-refractivity contribution < 1.29 is 0 Å². The van der Waals surface area contributed by atoms with Crippen LogP contribution in [0.15, 0.2) is 24.3 Å². The monoisotopic (exact) mass is 205 g/mol. The molecule has 0 saturated carbocycles. The highest BCUT2D eigenvalue weighted by Gasteiger charge is 2.30. The lowest BCUT2D eigenvalue weighted by atomic mass is 9.99. The molecular weight excluding hydrogens is 186 g/mol. The van der Waals surface area contributed by atoms with Crippen LogP contribution in [-0.2, 0) is 0 Å². The molecule has 0 amide bonds. The van der Waals surface area contributed by atoms with Crippen molar-refractivity contribution in [2.24, 2.45) is 0 Å². The molecule has 0 aromatic heterocycles. The van der Waals surface area contributed by atoms with Crippen LogP contribution in [0.2, 0.25) is 0 Å². The lowest BCUT2D eigenvalue weighted by Crippen LogP contribution is -2.58. The third-order valence-electron chi connectivity index (χ3n) is 3.03. The van der Waals surface area contributed by atoms with Crippen LogP contribution in [0.3, 0.4) is 0 Å². The molecule has 0 radical (unpaired) electrons. The average Bonchev–Trinajstić information content (AvgIpc) is 2.19. The number of para-hydroxylation sites is 2. The number of anilines is 2. The molecule has 3 N–H and O–H groups in total. The van der Waals surface area contributed by atoms with Gasteiger partial charge < -0.3 is 16.0 Å². The molecule has 0 bridgehead atoms. The van der Waals surface area contributed by atoms with Crippen LogP contribution in [0.4, 0.5) is 11.4 Å². The summed E-state index contributed by atoms with van der Waals surface area (Å²) in [5.41, 5.74) is 8.17. The number of nitrogen functional groups attached to an aromatic ring is 1. The lowest BCUT2D eigenvalue weighted by Gasteiger charge is -2.44. The Morgan fingerprint density at radius 3 is 2.73 bits per heavy atom. The molecule has 1 aromatic carbocycles. The minimum Gasteiger partial charge on any atom is -0.397 e. The molecule has 2 rings (SSSR count). The summed E-state index contributed by atoms with van der Waals surface area (Å²) >= 11 is 0. The van der Waals surface area contributed by atoms with Crippen molar-refractivity contribution in [3.05, 3.63) is 24.3 Å². The quantitative estimate of drug-likeness (QED) is 0.682. The maximum atomic E-state index is 6.01. The molecule has 15 heavy (non-hydrogen) atoms. The van der Waals surface area contributed by atoms with E-state index >= 15 is 0 Å². The van der Waals surface area contributed by atoms with E-state index in [9.17, 15) is 0 Å². The molecule has 1 fully saturated rings. The summed E-state index contributed by atoms with van der Waals surface area (Å²) < 4.78 is 0. The minimum atomic E-state index is 0.133. The van der Waals surface area contributed by atoms with Crippen molar-refractivity contribution in [3.8, 4) is 0 Å². The fourth-order valence-electron chi connectivity index (χ4n) is 2.16. The van der Waals surface area contributed by atoms with Crippen molar-refractivity contribution in [2.45, 2.75) is 19.4 Å². The van der Waals surface area contributed by atoms with Crippen molar-refractivity contribution in [2.75, 3.05) is 30.3 Å². The zero-order chi connectivity index (χ0) is 10.9. The second-order valence-electron chi connectivity index (χ2n) is 4.70.